The number of carbonyl (C=O) groups excluding carboxylic acids is 2. The van der Waals surface area contributed by atoms with Gasteiger partial charge >= 0.3 is 0 Å². The number of halogens is 1. The lowest BCUT2D eigenvalue weighted by atomic mass is 10.2. The molecule has 0 aliphatic rings. The molecule has 0 saturated heterocycles. The van der Waals surface area contributed by atoms with Gasteiger partial charge < -0.3 is 20.5 Å². The topological polar surface area (TPSA) is 87.7 Å². The maximum Gasteiger partial charge on any atom is 0.252 e. The monoisotopic (exact) mass is 440 g/mol. The number of methoxy groups -OCH3 is 1. The Morgan fingerprint density at radius 3 is 2.58 bits per heavy atom. The van der Waals surface area contributed by atoms with Gasteiger partial charge in [0.15, 0.2) is 11.5 Å². The SMILES string of the molecule is COc1ccc(CNC(=O)CNC(=O)c2ccccc2I)cc1O. The van der Waals surface area contributed by atoms with Crippen LogP contribution in [0.15, 0.2) is 42.5 Å². The zero-order chi connectivity index (χ0) is 17.5. The summed E-state index contributed by atoms with van der Waals surface area (Å²) in [5.74, 6) is -0.229. The van der Waals surface area contributed by atoms with Crippen LogP contribution in [0.25, 0.3) is 0 Å². The predicted molar refractivity (Wildman–Crippen MR) is 98.0 cm³/mol. The van der Waals surface area contributed by atoms with Gasteiger partial charge in [0.1, 0.15) is 0 Å². The number of hydrogen-bond acceptors (Lipinski definition) is 4. The Morgan fingerprint density at radius 2 is 1.92 bits per heavy atom. The predicted octanol–water partition coefficient (Wildman–Crippen LogP) is 2.05. The molecule has 0 radical (unpaired) electrons. The summed E-state index contributed by atoms with van der Waals surface area (Å²) in [4.78, 5) is 23.8. The van der Waals surface area contributed by atoms with Crippen LogP contribution in [0.2, 0.25) is 0 Å². The van der Waals surface area contributed by atoms with E-state index in [2.05, 4.69) is 33.2 Å². The molecule has 0 aliphatic carbocycles. The Kier molecular flexibility index (Phi) is 6.42. The van der Waals surface area contributed by atoms with Gasteiger partial charge in [0.2, 0.25) is 5.91 Å². The number of phenolic OH excluding ortho intramolecular Hbond substituents is 1. The summed E-state index contributed by atoms with van der Waals surface area (Å²) in [5, 5.41) is 14.9. The van der Waals surface area contributed by atoms with E-state index < -0.39 is 0 Å². The number of amides is 2. The van der Waals surface area contributed by atoms with Gasteiger partial charge in [0, 0.05) is 10.1 Å². The third-order valence-electron chi connectivity index (χ3n) is 3.26. The average molecular weight is 440 g/mol. The van der Waals surface area contributed by atoms with Crippen molar-refractivity contribution < 1.29 is 19.4 Å². The Balaban J connectivity index is 1.82. The maximum absolute atomic E-state index is 12.0. The first-order valence-electron chi connectivity index (χ1n) is 7.16. The maximum atomic E-state index is 12.0. The molecule has 2 rings (SSSR count). The van der Waals surface area contributed by atoms with Gasteiger partial charge in [0.05, 0.1) is 19.2 Å². The first-order chi connectivity index (χ1) is 11.5. The fraction of sp³-hybridized carbons (Fsp3) is 0.176. The lowest BCUT2D eigenvalue weighted by Crippen LogP contribution is -2.36. The molecule has 2 aromatic carbocycles. The fourth-order valence-electron chi connectivity index (χ4n) is 2.01. The number of aromatic hydroxyl groups is 1. The first kappa shape index (κ1) is 18.1. The van der Waals surface area contributed by atoms with Crippen molar-refractivity contribution in [2.45, 2.75) is 6.54 Å². The highest BCUT2D eigenvalue weighted by Crippen LogP contribution is 2.25. The molecular weight excluding hydrogens is 423 g/mol. The van der Waals surface area contributed by atoms with Crippen LogP contribution >= 0.6 is 22.6 Å². The highest BCUT2D eigenvalue weighted by atomic mass is 127. The van der Waals surface area contributed by atoms with Crippen molar-refractivity contribution in [1.82, 2.24) is 10.6 Å². The Bertz CT molecular complexity index is 749. The summed E-state index contributed by atoms with van der Waals surface area (Å²) in [5.41, 5.74) is 1.26. The summed E-state index contributed by atoms with van der Waals surface area (Å²) in [7, 11) is 1.47. The van der Waals surface area contributed by atoms with Crippen molar-refractivity contribution in [2.24, 2.45) is 0 Å². The third-order valence-corrected chi connectivity index (χ3v) is 4.20. The van der Waals surface area contributed by atoms with Gasteiger partial charge in [-0.2, -0.15) is 0 Å². The molecule has 2 amide bonds. The van der Waals surface area contributed by atoms with Crippen molar-refractivity contribution in [3.8, 4) is 11.5 Å². The van der Waals surface area contributed by atoms with E-state index in [0.717, 1.165) is 9.13 Å². The highest BCUT2D eigenvalue weighted by molar-refractivity contribution is 14.1. The summed E-state index contributed by atoms with van der Waals surface area (Å²) >= 11 is 2.07. The molecule has 0 saturated carbocycles. The summed E-state index contributed by atoms with van der Waals surface area (Å²) < 4.78 is 5.78. The minimum absolute atomic E-state index is 0.0104. The molecule has 0 unspecified atom stereocenters. The molecule has 126 valence electrons. The van der Waals surface area contributed by atoms with Crippen LogP contribution in [0.4, 0.5) is 0 Å². The lowest BCUT2D eigenvalue weighted by Gasteiger charge is -2.09. The number of ether oxygens (including phenoxy) is 1. The molecule has 24 heavy (non-hydrogen) atoms. The van der Waals surface area contributed by atoms with Gasteiger partial charge in [-0.1, -0.05) is 18.2 Å². The molecule has 0 heterocycles. The van der Waals surface area contributed by atoms with E-state index in [1.165, 1.54) is 13.2 Å². The first-order valence-corrected chi connectivity index (χ1v) is 8.24. The standard InChI is InChI=1S/C17H17IN2O4/c1-24-15-7-6-11(8-14(15)21)9-19-16(22)10-20-17(23)12-4-2-3-5-13(12)18/h2-8,21H,9-10H2,1H3,(H,19,22)(H,20,23). The zero-order valence-electron chi connectivity index (χ0n) is 13.0. The second-order valence-corrected chi connectivity index (χ2v) is 6.11. The van der Waals surface area contributed by atoms with E-state index in [1.54, 1.807) is 24.3 Å². The molecule has 7 heteroatoms. The van der Waals surface area contributed by atoms with E-state index in [9.17, 15) is 14.7 Å². The number of phenols is 1. The molecule has 0 fully saturated rings. The average Bonchev–Trinajstić information content (AvgIpc) is 2.58. The van der Waals surface area contributed by atoms with Gasteiger partial charge in [-0.05, 0) is 52.4 Å². The van der Waals surface area contributed by atoms with Crippen molar-refractivity contribution in [3.63, 3.8) is 0 Å². The second kappa shape index (κ2) is 8.53. The third kappa shape index (κ3) is 4.85. The van der Waals surface area contributed by atoms with Crippen LogP contribution in [0.5, 0.6) is 11.5 Å². The number of benzene rings is 2. The molecule has 2 aromatic rings. The number of hydrogen-bond donors (Lipinski definition) is 3. The van der Waals surface area contributed by atoms with Crippen LogP contribution in [0.1, 0.15) is 15.9 Å². The molecule has 0 spiro atoms. The summed E-state index contributed by atoms with van der Waals surface area (Å²) in [6, 6.07) is 12.0. The Morgan fingerprint density at radius 1 is 1.17 bits per heavy atom. The van der Waals surface area contributed by atoms with E-state index in [4.69, 9.17) is 4.74 Å². The van der Waals surface area contributed by atoms with Crippen LogP contribution in [0.3, 0.4) is 0 Å². The van der Waals surface area contributed by atoms with Gasteiger partial charge in [0.25, 0.3) is 5.91 Å². The fourth-order valence-corrected chi connectivity index (χ4v) is 2.64. The van der Waals surface area contributed by atoms with Crippen LogP contribution < -0.4 is 15.4 Å². The molecule has 0 aliphatic heterocycles. The van der Waals surface area contributed by atoms with Gasteiger partial charge in [-0.3, -0.25) is 9.59 Å². The van der Waals surface area contributed by atoms with Gasteiger partial charge in [-0.25, -0.2) is 0 Å². The van der Waals surface area contributed by atoms with Crippen molar-refractivity contribution in [2.75, 3.05) is 13.7 Å². The number of nitrogens with one attached hydrogen (secondary N) is 2. The van der Waals surface area contributed by atoms with E-state index in [1.807, 2.05) is 12.1 Å². The molecule has 0 aromatic heterocycles. The zero-order valence-corrected chi connectivity index (χ0v) is 15.2. The van der Waals surface area contributed by atoms with Crippen LogP contribution in [-0.2, 0) is 11.3 Å². The van der Waals surface area contributed by atoms with E-state index in [-0.39, 0.29) is 30.7 Å². The minimum Gasteiger partial charge on any atom is -0.504 e. The van der Waals surface area contributed by atoms with Crippen molar-refractivity contribution >= 4 is 34.4 Å². The van der Waals surface area contributed by atoms with Crippen LogP contribution in [-0.4, -0.2) is 30.6 Å². The van der Waals surface area contributed by atoms with Crippen molar-refractivity contribution in [3.05, 3.63) is 57.2 Å². The Labute approximate surface area is 153 Å². The largest absolute Gasteiger partial charge is 0.504 e. The molecular formula is C17H17IN2O4. The molecule has 6 nitrogen and oxygen atoms in total. The molecule has 0 bridgehead atoms. The lowest BCUT2D eigenvalue weighted by molar-refractivity contribution is -0.120. The van der Waals surface area contributed by atoms with Gasteiger partial charge in [-0.15, -0.1) is 0 Å². The minimum atomic E-state index is -0.315. The molecule has 3 N–H and O–H groups in total. The summed E-state index contributed by atoms with van der Waals surface area (Å²) in [6.45, 7) is 0.126. The van der Waals surface area contributed by atoms with Crippen LogP contribution in [0, 0.1) is 3.57 Å². The highest BCUT2D eigenvalue weighted by Gasteiger charge is 2.11. The van der Waals surface area contributed by atoms with E-state index >= 15 is 0 Å². The second-order valence-electron chi connectivity index (χ2n) is 4.95. The number of rotatable bonds is 6. The smallest absolute Gasteiger partial charge is 0.252 e. The summed E-state index contributed by atoms with van der Waals surface area (Å²) in [6.07, 6.45) is 0. The Hall–Kier alpha value is -2.29. The van der Waals surface area contributed by atoms with E-state index in [0.29, 0.717) is 11.3 Å². The van der Waals surface area contributed by atoms with Crippen molar-refractivity contribution in [1.29, 1.82) is 0 Å². The normalized spacial score (nSPS) is 10.1. The quantitative estimate of drug-likeness (QED) is 0.601. The number of carbonyl (C=O) groups is 2. The molecule has 0 atom stereocenters.